The van der Waals surface area contributed by atoms with Crippen molar-refractivity contribution in [3.63, 3.8) is 0 Å². The first kappa shape index (κ1) is 11.3. The van der Waals surface area contributed by atoms with Crippen molar-refractivity contribution in [2.75, 3.05) is 0 Å². The number of carbonyl (C=O) groups is 1. The van der Waals surface area contributed by atoms with Gasteiger partial charge in [0.2, 0.25) is 0 Å². The van der Waals surface area contributed by atoms with Crippen LogP contribution in [0.4, 0.5) is 4.39 Å². The molecule has 2 aromatic heterocycles. The average molecular weight is 257 g/mol. The van der Waals surface area contributed by atoms with Crippen molar-refractivity contribution < 1.29 is 14.3 Å². The Kier molecular flexibility index (Phi) is 2.49. The predicted molar refractivity (Wildman–Crippen MR) is 65.3 cm³/mol. The monoisotopic (exact) mass is 257 g/mol. The summed E-state index contributed by atoms with van der Waals surface area (Å²) in [6, 6.07) is 7.26. The van der Waals surface area contributed by atoms with Gasteiger partial charge in [-0.05, 0) is 30.3 Å². The van der Waals surface area contributed by atoms with Gasteiger partial charge < -0.3 is 5.11 Å². The van der Waals surface area contributed by atoms with Gasteiger partial charge in [0.1, 0.15) is 18.0 Å². The summed E-state index contributed by atoms with van der Waals surface area (Å²) in [6.07, 6.45) is 2.98. The normalized spacial score (nSPS) is 10.8. The van der Waals surface area contributed by atoms with Crippen LogP contribution in [0.2, 0.25) is 0 Å². The number of halogens is 1. The van der Waals surface area contributed by atoms with Crippen LogP contribution in [0.3, 0.4) is 0 Å². The minimum Gasteiger partial charge on any atom is -0.476 e. The molecule has 0 aliphatic carbocycles. The van der Waals surface area contributed by atoms with E-state index in [4.69, 9.17) is 5.11 Å². The van der Waals surface area contributed by atoms with Gasteiger partial charge >= 0.3 is 5.97 Å². The highest BCUT2D eigenvalue weighted by Gasteiger charge is 2.17. The molecule has 0 radical (unpaired) electrons. The molecule has 5 nitrogen and oxygen atoms in total. The van der Waals surface area contributed by atoms with Gasteiger partial charge in [0, 0.05) is 11.8 Å². The fraction of sp³-hybridized carbons (Fsp3) is 0. The van der Waals surface area contributed by atoms with E-state index < -0.39 is 5.97 Å². The summed E-state index contributed by atoms with van der Waals surface area (Å²) in [4.78, 5) is 19.2. The summed E-state index contributed by atoms with van der Waals surface area (Å²) in [5, 5.41) is 9.13. The molecule has 3 aromatic rings. The second-order valence-corrected chi connectivity index (χ2v) is 3.93. The van der Waals surface area contributed by atoms with Gasteiger partial charge in [-0.1, -0.05) is 0 Å². The van der Waals surface area contributed by atoms with Crippen molar-refractivity contribution in [2.24, 2.45) is 0 Å². The van der Waals surface area contributed by atoms with Crippen LogP contribution in [0.5, 0.6) is 0 Å². The van der Waals surface area contributed by atoms with E-state index in [1.54, 1.807) is 22.6 Å². The molecule has 0 unspecified atom stereocenters. The summed E-state index contributed by atoms with van der Waals surface area (Å²) >= 11 is 0. The molecule has 0 saturated heterocycles. The Balaban J connectivity index is 2.29. The molecule has 0 aliphatic heterocycles. The number of carboxylic acids is 1. The Labute approximate surface area is 107 Å². The number of aromatic carboxylic acids is 1. The second-order valence-electron chi connectivity index (χ2n) is 3.93. The Hall–Kier alpha value is -2.76. The lowest BCUT2D eigenvalue weighted by Crippen LogP contribution is -1.97. The number of rotatable bonds is 2. The smallest absolute Gasteiger partial charge is 0.356 e. The summed E-state index contributed by atoms with van der Waals surface area (Å²) < 4.78 is 14.5. The lowest BCUT2D eigenvalue weighted by Gasteiger charge is -1.99. The van der Waals surface area contributed by atoms with Crippen molar-refractivity contribution >= 4 is 11.5 Å². The van der Waals surface area contributed by atoms with E-state index in [2.05, 4.69) is 9.97 Å². The summed E-state index contributed by atoms with van der Waals surface area (Å²) in [5.41, 5.74) is 1.01. The number of imidazole rings is 1. The SMILES string of the molecule is O=C(O)c1nc(-c2ccc(F)cc2)n2cnccc12. The van der Waals surface area contributed by atoms with Crippen LogP contribution >= 0.6 is 0 Å². The van der Waals surface area contributed by atoms with E-state index in [-0.39, 0.29) is 11.5 Å². The Bertz CT molecular complexity index is 765. The summed E-state index contributed by atoms with van der Waals surface area (Å²) in [7, 11) is 0. The number of hydrogen-bond donors (Lipinski definition) is 1. The standard InChI is InChI=1S/C13H8FN3O2/c14-9-3-1-8(2-4-9)12-16-11(13(18)19)10-5-6-15-7-17(10)12/h1-7H,(H,18,19). The lowest BCUT2D eigenvalue weighted by molar-refractivity contribution is 0.0693. The van der Waals surface area contributed by atoms with Crippen molar-refractivity contribution in [2.45, 2.75) is 0 Å². The van der Waals surface area contributed by atoms with E-state index in [9.17, 15) is 9.18 Å². The number of carboxylic acid groups (broad SMARTS) is 1. The van der Waals surface area contributed by atoms with Gasteiger partial charge in [-0.2, -0.15) is 0 Å². The Morgan fingerprint density at radius 1 is 1.21 bits per heavy atom. The fourth-order valence-electron chi connectivity index (χ4n) is 1.90. The highest BCUT2D eigenvalue weighted by Crippen LogP contribution is 2.22. The zero-order chi connectivity index (χ0) is 13.4. The molecule has 0 fully saturated rings. The lowest BCUT2D eigenvalue weighted by atomic mass is 10.2. The average Bonchev–Trinajstić information content (AvgIpc) is 2.79. The molecule has 0 saturated carbocycles. The molecule has 0 atom stereocenters. The molecule has 3 rings (SSSR count). The minimum absolute atomic E-state index is 0.0540. The molecule has 94 valence electrons. The highest BCUT2D eigenvalue weighted by atomic mass is 19.1. The number of nitrogens with zero attached hydrogens (tertiary/aromatic N) is 3. The maximum absolute atomic E-state index is 12.9. The zero-order valence-electron chi connectivity index (χ0n) is 9.62. The van der Waals surface area contributed by atoms with Gasteiger partial charge in [0.15, 0.2) is 5.69 Å². The predicted octanol–water partition coefficient (Wildman–Crippen LogP) is 2.23. The third-order valence-corrected chi connectivity index (χ3v) is 2.75. The van der Waals surface area contributed by atoms with Crippen LogP contribution < -0.4 is 0 Å². The number of hydrogen-bond acceptors (Lipinski definition) is 3. The van der Waals surface area contributed by atoms with Crippen LogP contribution in [0.15, 0.2) is 42.9 Å². The molecule has 2 heterocycles. The number of aromatic nitrogens is 3. The Morgan fingerprint density at radius 2 is 1.95 bits per heavy atom. The van der Waals surface area contributed by atoms with Crippen molar-refractivity contribution in [1.29, 1.82) is 0 Å². The van der Waals surface area contributed by atoms with Gasteiger partial charge in [-0.25, -0.2) is 19.2 Å². The highest BCUT2D eigenvalue weighted by molar-refractivity contribution is 5.94. The Morgan fingerprint density at radius 3 is 2.63 bits per heavy atom. The van der Waals surface area contributed by atoms with E-state index in [1.807, 2.05) is 0 Å². The maximum Gasteiger partial charge on any atom is 0.356 e. The molecular formula is C13H8FN3O2. The fourth-order valence-corrected chi connectivity index (χ4v) is 1.90. The van der Waals surface area contributed by atoms with Gasteiger partial charge in [0.25, 0.3) is 0 Å². The molecule has 0 spiro atoms. The molecular weight excluding hydrogens is 249 g/mol. The second kappa shape index (κ2) is 4.16. The first-order valence-electron chi connectivity index (χ1n) is 5.48. The summed E-state index contributed by atoms with van der Waals surface area (Å²) in [5.74, 6) is -1.06. The molecule has 0 aliphatic rings. The maximum atomic E-state index is 12.9. The summed E-state index contributed by atoms with van der Waals surface area (Å²) in [6.45, 7) is 0. The van der Waals surface area contributed by atoms with E-state index in [0.29, 0.717) is 16.9 Å². The largest absolute Gasteiger partial charge is 0.476 e. The van der Waals surface area contributed by atoms with Crippen LogP contribution in [0.25, 0.3) is 16.9 Å². The number of benzene rings is 1. The van der Waals surface area contributed by atoms with Gasteiger partial charge in [-0.15, -0.1) is 0 Å². The van der Waals surface area contributed by atoms with E-state index in [1.165, 1.54) is 24.7 Å². The molecule has 19 heavy (non-hydrogen) atoms. The van der Waals surface area contributed by atoms with Crippen LogP contribution in [0, 0.1) is 5.82 Å². The first-order chi connectivity index (χ1) is 9.16. The molecule has 1 aromatic carbocycles. The topological polar surface area (TPSA) is 67.5 Å². The molecule has 6 heteroatoms. The van der Waals surface area contributed by atoms with Crippen molar-refractivity contribution in [3.8, 4) is 11.4 Å². The van der Waals surface area contributed by atoms with E-state index >= 15 is 0 Å². The van der Waals surface area contributed by atoms with Crippen LogP contribution in [-0.2, 0) is 0 Å². The minimum atomic E-state index is -1.11. The molecule has 0 bridgehead atoms. The number of fused-ring (bicyclic) bond motifs is 1. The van der Waals surface area contributed by atoms with Gasteiger partial charge in [0.05, 0.1) is 5.52 Å². The molecule has 0 amide bonds. The van der Waals surface area contributed by atoms with Crippen molar-refractivity contribution in [3.05, 3.63) is 54.4 Å². The third-order valence-electron chi connectivity index (χ3n) is 2.75. The van der Waals surface area contributed by atoms with Crippen LogP contribution in [0.1, 0.15) is 10.5 Å². The molecule has 1 N–H and O–H groups in total. The van der Waals surface area contributed by atoms with Crippen molar-refractivity contribution in [1.82, 2.24) is 14.4 Å². The third kappa shape index (κ3) is 1.83. The van der Waals surface area contributed by atoms with E-state index in [0.717, 1.165) is 0 Å². The van der Waals surface area contributed by atoms with Crippen LogP contribution in [-0.4, -0.2) is 25.4 Å². The first-order valence-corrected chi connectivity index (χ1v) is 5.48. The van der Waals surface area contributed by atoms with Gasteiger partial charge in [-0.3, -0.25) is 4.40 Å². The zero-order valence-corrected chi connectivity index (χ0v) is 9.62. The quantitative estimate of drug-likeness (QED) is 0.764.